The van der Waals surface area contributed by atoms with Crippen LogP contribution in [0.2, 0.25) is 0 Å². The fourth-order valence-electron chi connectivity index (χ4n) is 1.08. The lowest BCUT2D eigenvalue weighted by molar-refractivity contribution is 0.176. The lowest BCUT2D eigenvalue weighted by Gasteiger charge is -2.04. The summed E-state index contributed by atoms with van der Waals surface area (Å²) >= 11 is 0. The quantitative estimate of drug-likeness (QED) is 0.528. The minimum Gasteiger partial charge on any atom is -0.150 e. The molecule has 2 saturated heterocycles. The van der Waals surface area contributed by atoms with Crippen LogP contribution in [-0.4, -0.2) is 25.4 Å². The summed E-state index contributed by atoms with van der Waals surface area (Å²) in [5.41, 5.74) is 0. The first-order chi connectivity index (χ1) is 5.20. The van der Waals surface area contributed by atoms with Gasteiger partial charge in [0.1, 0.15) is 25.4 Å². The van der Waals surface area contributed by atoms with Crippen molar-refractivity contribution in [3.63, 3.8) is 0 Å². The second kappa shape index (κ2) is 2.64. The summed E-state index contributed by atoms with van der Waals surface area (Å²) in [7, 11) is -2.31. The van der Waals surface area contributed by atoms with Gasteiger partial charge in [-0.1, -0.05) is 0 Å². The van der Waals surface area contributed by atoms with E-state index in [9.17, 15) is 0 Å². The minimum atomic E-state index is -2.31. The molecule has 0 bridgehead atoms. The van der Waals surface area contributed by atoms with E-state index < -0.39 is 8.17 Å². The van der Waals surface area contributed by atoms with Gasteiger partial charge in [-0.05, 0) is 13.8 Å². The Morgan fingerprint density at radius 3 is 1.73 bits per heavy atom. The minimum absolute atomic E-state index is 0.105. The maximum absolute atomic E-state index is 5.42. The molecule has 0 aromatic heterocycles. The third-order valence-electron chi connectivity index (χ3n) is 1.55. The number of hydrogen-bond donors (Lipinski definition) is 0. The molecular weight excluding hydrogens is 167 g/mol. The molecule has 2 atom stereocenters. The molecule has 2 aliphatic heterocycles. The van der Waals surface area contributed by atoms with Gasteiger partial charge in [-0.2, -0.15) is 9.05 Å². The molecule has 2 heterocycles. The van der Waals surface area contributed by atoms with E-state index in [0.29, 0.717) is 13.2 Å². The first kappa shape index (κ1) is 7.90. The smallest absolute Gasteiger partial charge is 0.150 e. The average Bonchev–Trinajstić information content (AvgIpc) is 2.44. The van der Waals surface area contributed by atoms with Crippen molar-refractivity contribution >= 4 is 8.17 Å². The van der Waals surface area contributed by atoms with Gasteiger partial charge in [-0.3, -0.25) is 0 Å². The molecule has 2 aliphatic rings. The van der Waals surface area contributed by atoms with Gasteiger partial charge in [0.2, 0.25) is 0 Å². The normalized spacial score (nSPS) is 42.0. The van der Waals surface area contributed by atoms with E-state index in [1.807, 2.05) is 13.8 Å². The molecule has 0 radical (unpaired) electrons. The molecule has 11 heavy (non-hydrogen) atoms. The third-order valence-corrected chi connectivity index (χ3v) is 3.72. The van der Waals surface area contributed by atoms with Crippen LogP contribution in [0.15, 0.2) is 0 Å². The first-order valence-electron chi connectivity index (χ1n) is 3.75. The molecule has 0 aromatic carbocycles. The van der Waals surface area contributed by atoms with Gasteiger partial charge in [0.05, 0.1) is 0 Å². The standard InChI is InChI=1S/C6H12O4P/c1-5-3-7-11(9-5)8-4-6(2)10-11/h5-6H,3-4H2,1-2H3/q+1/t5-,6-,11?/m0/s1. The van der Waals surface area contributed by atoms with Crippen LogP contribution in [0.5, 0.6) is 0 Å². The highest BCUT2D eigenvalue weighted by atomic mass is 31.2. The molecule has 0 amide bonds. The Hall–Kier alpha value is 0.270. The number of hydrogen-bond acceptors (Lipinski definition) is 4. The fourth-order valence-corrected chi connectivity index (χ4v) is 3.23. The van der Waals surface area contributed by atoms with E-state index in [-0.39, 0.29) is 12.2 Å². The van der Waals surface area contributed by atoms with E-state index in [1.165, 1.54) is 0 Å². The predicted octanol–water partition coefficient (Wildman–Crippen LogP) is 1.53. The molecule has 0 saturated carbocycles. The summed E-state index contributed by atoms with van der Waals surface area (Å²) in [5.74, 6) is 0. The van der Waals surface area contributed by atoms with E-state index in [1.54, 1.807) is 0 Å². The summed E-state index contributed by atoms with van der Waals surface area (Å²) in [6.45, 7) is 5.07. The van der Waals surface area contributed by atoms with Crippen LogP contribution >= 0.6 is 8.17 Å². The lowest BCUT2D eigenvalue weighted by Crippen LogP contribution is -2.02. The van der Waals surface area contributed by atoms with Crippen LogP contribution in [0.25, 0.3) is 0 Å². The fraction of sp³-hybridized carbons (Fsp3) is 1.00. The van der Waals surface area contributed by atoms with Crippen molar-refractivity contribution in [2.24, 2.45) is 0 Å². The maximum atomic E-state index is 5.42. The van der Waals surface area contributed by atoms with Crippen molar-refractivity contribution in [1.29, 1.82) is 0 Å². The maximum Gasteiger partial charge on any atom is 0.576 e. The Labute approximate surface area is 66.4 Å². The van der Waals surface area contributed by atoms with Crippen molar-refractivity contribution in [3.05, 3.63) is 0 Å². The van der Waals surface area contributed by atoms with Crippen molar-refractivity contribution in [1.82, 2.24) is 0 Å². The highest BCUT2D eigenvalue weighted by Gasteiger charge is 2.61. The van der Waals surface area contributed by atoms with Crippen LogP contribution in [-0.2, 0) is 18.1 Å². The highest BCUT2D eigenvalue weighted by Crippen LogP contribution is 2.70. The number of rotatable bonds is 0. The highest BCUT2D eigenvalue weighted by molar-refractivity contribution is 7.56. The average molecular weight is 179 g/mol. The molecular formula is C6H12O4P+. The van der Waals surface area contributed by atoms with Gasteiger partial charge in [-0.15, -0.1) is 9.05 Å². The lowest BCUT2D eigenvalue weighted by atomic mass is 10.5. The van der Waals surface area contributed by atoms with Crippen LogP contribution < -0.4 is 0 Å². The van der Waals surface area contributed by atoms with Gasteiger partial charge >= 0.3 is 8.17 Å². The molecule has 64 valence electrons. The third kappa shape index (κ3) is 1.42. The second-order valence-electron chi connectivity index (χ2n) is 2.87. The summed E-state index contributed by atoms with van der Waals surface area (Å²) in [6.07, 6.45) is 0.210. The molecule has 1 spiro atoms. The van der Waals surface area contributed by atoms with Crippen LogP contribution in [0.4, 0.5) is 0 Å². The van der Waals surface area contributed by atoms with Gasteiger partial charge in [-0.25, -0.2) is 0 Å². The van der Waals surface area contributed by atoms with Gasteiger partial charge < -0.3 is 0 Å². The van der Waals surface area contributed by atoms with Gasteiger partial charge in [0.25, 0.3) is 0 Å². The predicted molar refractivity (Wildman–Crippen MR) is 39.9 cm³/mol. The van der Waals surface area contributed by atoms with E-state index in [4.69, 9.17) is 18.1 Å². The Morgan fingerprint density at radius 1 is 1.00 bits per heavy atom. The Balaban J connectivity index is 2.02. The molecule has 0 N–H and O–H groups in total. The molecule has 0 aliphatic carbocycles. The van der Waals surface area contributed by atoms with Crippen LogP contribution in [0, 0.1) is 0 Å². The summed E-state index contributed by atoms with van der Waals surface area (Å²) < 4.78 is 21.5. The van der Waals surface area contributed by atoms with Gasteiger partial charge in [0, 0.05) is 0 Å². The molecule has 4 nitrogen and oxygen atoms in total. The zero-order valence-electron chi connectivity index (χ0n) is 6.65. The SMILES string of the molecule is C[C@H]1CO[P+]2(OC[C@H](C)O2)O1. The second-order valence-corrected chi connectivity index (χ2v) is 4.70. The summed E-state index contributed by atoms with van der Waals surface area (Å²) in [6, 6.07) is 0. The van der Waals surface area contributed by atoms with Crippen molar-refractivity contribution in [3.8, 4) is 0 Å². The van der Waals surface area contributed by atoms with E-state index in [0.717, 1.165) is 0 Å². The molecule has 2 fully saturated rings. The largest absolute Gasteiger partial charge is 0.576 e. The van der Waals surface area contributed by atoms with Crippen LogP contribution in [0.1, 0.15) is 13.8 Å². The molecule has 2 rings (SSSR count). The topological polar surface area (TPSA) is 36.9 Å². The molecule has 0 aromatic rings. The summed E-state index contributed by atoms with van der Waals surface area (Å²) in [5, 5.41) is 0. The summed E-state index contributed by atoms with van der Waals surface area (Å²) in [4.78, 5) is 0. The Morgan fingerprint density at radius 2 is 1.45 bits per heavy atom. The zero-order chi connectivity index (χ0) is 7.90. The monoisotopic (exact) mass is 179 g/mol. The first-order valence-corrected chi connectivity index (χ1v) is 5.21. The molecule has 5 heteroatoms. The van der Waals surface area contributed by atoms with Crippen molar-refractivity contribution < 1.29 is 18.1 Å². The zero-order valence-corrected chi connectivity index (χ0v) is 7.54. The van der Waals surface area contributed by atoms with E-state index in [2.05, 4.69) is 0 Å². The Bertz CT molecular complexity index is 145. The van der Waals surface area contributed by atoms with Crippen molar-refractivity contribution in [2.45, 2.75) is 26.1 Å². The Kier molecular flexibility index (Phi) is 1.90. The van der Waals surface area contributed by atoms with Gasteiger partial charge in [0.15, 0.2) is 0 Å². The molecule has 0 unspecified atom stereocenters. The van der Waals surface area contributed by atoms with Crippen molar-refractivity contribution in [2.75, 3.05) is 13.2 Å². The van der Waals surface area contributed by atoms with E-state index >= 15 is 0 Å². The van der Waals surface area contributed by atoms with Crippen LogP contribution in [0.3, 0.4) is 0 Å².